The first-order valence-electron chi connectivity index (χ1n) is 12.0. The number of allylic oxidation sites excluding steroid dienone is 3. The molecule has 0 bridgehead atoms. The number of hydrogen-bond acceptors (Lipinski definition) is 0. The van der Waals surface area contributed by atoms with Gasteiger partial charge in [0.1, 0.15) is 0 Å². The van der Waals surface area contributed by atoms with Crippen LogP contribution in [0.1, 0.15) is 80.0 Å². The second kappa shape index (κ2) is 10.1. The van der Waals surface area contributed by atoms with Crippen molar-refractivity contribution in [2.24, 2.45) is 5.92 Å². The number of hydrogen-bond donors (Lipinski definition) is 0. The van der Waals surface area contributed by atoms with E-state index < -0.39 is 0 Å². The van der Waals surface area contributed by atoms with Gasteiger partial charge in [0.2, 0.25) is 0 Å². The first kappa shape index (κ1) is 21.6. The molecule has 1 fully saturated rings. The summed E-state index contributed by atoms with van der Waals surface area (Å²) in [5.41, 5.74) is 5.73. The molecular weight excluding hydrogens is 372 g/mol. The van der Waals surface area contributed by atoms with Crippen LogP contribution < -0.4 is 0 Å². The molecule has 0 heterocycles. The van der Waals surface area contributed by atoms with Crippen LogP contribution in [-0.4, -0.2) is 0 Å². The van der Waals surface area contributed by atoms with Crippen molar-refractivity contribution in [3.63, 3.8) is 0 Å². The fourth-order valence-corrected chi connectivity index (χ4v) is 5.17. The van der Waals surface area contributed by atoms with E-state index in [1.807, 2.05) is 6.08 Å². The summed E-state index contributed by atoms with van der Waals surface area (Å²) in [5, 5.41) is 2.67. The van der Waals surface area contributed by atoms with Crippen molar-refractivity contribution in [3.05, 3.63) is 108 Å². The van der Waals surface area contributed by atoms with Crippen LogP contribution >= 0.6 is 0 Å². The molecule has 0 aliphatic heterocycles. The molecule has 160 valence electrons. The zero-order valence-corrected chi connectivity index (χ0v) is 19.2. The van der Waals surface area contributed by atoms with Crippen molar-refractivity contribution < 1.29 is 0 Å². The maximum Gasteiger partial charge on any atom is 0.00612 e. The van der Waals surface area contributed by atoms with Crippen LogP contribution in [0.25, 0.3) is 10.8 Å². The number of rotatable bonds is 7. The van der Waals surface area contributed by atoms with Gasteiger partial charge in [-0.3, -0.25) is 0 Å². The minimum absolute atomic E-state index is 0.407. The van der Waals surface area contributed by atoms with Crippen molar-refractivity contribution in [1.82, 2.24) is 0 Å². The number of fused-ring (bicyclic) bond motifs is 1. The first-order valence-corrected chi connectivity index (χ1v) is 12.0. The monoisotopic (exact) mass is 408 g/mol. The summed E-state index contributed by atoms with van der Waals surface area (Å²) in [7, 11) is 0. The van der Waals surface area contributed by atoms with E-state index >= 15 is 0 Å². The topological polar surface area (TPSA) is 0 Å². The van der Waals surface area contributed by atoms with Gasteiger partial charge in [-0.05, 0) is 90.3 Å². The molecule has 0 heteroatoms. The second-order valence-corrected chi connectivity index (χ2v) is 9.29. The summed E-state index contributed by atoms with van der Waals surface area (Å²) in [6, 6.07) is 23.3. The third-order valence-electron chi connectivity index (χ3n) is 7.21. The van der Waals surface area contributed by atoms with E-state index in [0.717, 1.165) is 24.7 Å². The molecule has 0 nitrogen and oxygen atoms in total. The SMILES string of the molecule is C=CCCc1ccc2cc(C(C)c3ccc(C4CCC(/C=C/C)CC4)cc3)ccc2c1. The molecule has 1 saturated carbocycles. The second-order valence-electron chi connectivity index (χ2n) is 9.29. The van der Waals surface area contributed by atoms with Gasteiger partial charge in [0.05, 0.1) is 0 Å². The lowest BCUT2D eigenvalue weighted by molar-refractivity contribution is 0.375. The van der Waals surface area contributed by atoms with Gasteiger partial charge in [-0.1, -0.05) is 85.8 Å². The van der Waals surface area contributed by atoms with Crippen LogP contribution in [0.4, 0.5) is 0 Å². The number of aryl methyl sites for hydroxylation is 1. The van der Waals surface area contributed by atoms with Crippen LogP contribution in [0, 0.1) is 5.92 Å². The Bertz CT molecular complexity index is 1030. The Morgan fingerprint density at radius 3 is 2.26 bits per heavy atom. The van der Waals surface area contributed by atoms with E-state index in [0.29, 0.717) is 5.92 Å². The maximum absolute atomic E-state index is 3.84. The molecule has 31 heavy (non-hydrogen) atoms. The van der Waals surface area contributed by atoms with E-state index in [1.54, 1.807) is 0 Å². The van der Waals surface area contributed by atoms with Crippen molar-refractivity contribution in [3.8, 4) is 0 Å². The minimum Gasteiger partial charge on any atom is -0.103 e. The fourth-order valence-electron chi connectivity index (χ4n) is 5.17. The van der Waals surface area contributed by atoms with Gasteiger partial charge in [-0.25, -0.2) is 0 Å². The predicted molar refractivity (Wildman–Crippen MR) is 136 cm³/mol. The van der Waals surface area contributed by atoms with Crippen LogP contribution in [0.2, 0.25) is 0 Å². The Morgan fingerprint density at radius 1 is 0.871 bits per heavy atom. The Hall–Kier alpha value is -2.60. The molecule has 0 radical (unpaired) electrons. The first-order chi connectivity index (χ1) is 15.2. The molecule has 0 aromatic heterocycles. The van der Waals surface area contributed by atoms with Gasteiger partial charge in [0, 0.05) is 5.92 Å². The summed E-state index contributed by atoms with van der Waals surface area (Å²) in [4.78, 5) is 0. The van der Waals surface area contributed by atoms with E-state index in [1.165, 1.54) is 58.7 Å². The highest BCUT2D eigenvalue weighted by molar-refractivity contribution is 5.84. The molecule has 1 aliphatic rings. The van der Waals surface area contributed by atoms with Crippen molar-refractivity contribution in [1.29, 1.82) is 0 Å². The van der Waals surface area contributed by atoms with Crippen LogP contribution in [0.15, 0.2) is 85.5 Å². The molecule has 3 aromatic rings. The quantitative estimate of drug-likeness (QED) is 0.342. The molecule has 3 aromatic carbocycles. The summed E-state index contributed by atoms with van der Waals surface area (Å²) in [6.07, 6.45) is 14.0. The van der Waals surface area contributed by atoms with Crippen LogP contribution in [0.3, 0.4) is 0 Å². The highest BCUT2D eigenvalue weighted by Crippen LogP contribution is 2.37. The van der Waals surface area contributed by atoms with Crippen molar-refractivity contribution in [2.75, 3.05) is 0 Å². The third kappa shape index (κ3) is 5.18. The lowest BCUT2D eigenvalue weighted by Crippen LogP contribution is -2.11. The molecule has 0 amide bonds. The average Bonchev–Trinajstić information content (AvgIpc) is 2.82. The molecule has 4 rings (SSSR count). The molecular formula is C31H36. The van der Waals surface area contributed by atoms with Gasteiger partial charge >= 0.3 is 0 Å². The normalized spacial score (nSPS) is 20.2. The van der Waals surface area contributed by atoms with Gasteiger partial charge in [-0.15, -0.1) is 6.58 Å². The smallest absolute Gasteiger partial charge is 0.00612 e. The molecule has 0 spiro atoms. The molecule has 0 N–H and O–H groups in total. The van der Waals surface area contributed by atoms with Crippen molar-refractivity contribution >= 4 is 10.8 Å². The Labute approximate surface area is 188 Å². The van der Waals surface area contributed by atoms with Crippen LogP contribution in [-0.2, 0) is 6.42 Å². The third-order valence-corrected chi connectivity index (χ3v) is 7.21. The molecule has 1 aliphatic carbocycles. The van der Waals surface area contributed by atoms with Crippen LogP contribution in [0.5, 0.6) is 0 Å². The highest BCUT2D eigenvalue weighted by atomic mass is 14.3. The Balaban J connectivity index is 1.45. The molecule has 1 unspecified atom stereocenters. The van der Waals surface area contributed by atoms with E-state index in [2.05, 4.69) is 93.2 Å². The summed E-state index contributed by atoms with van der Waals surface area (Å²) in [6.45, 7) is 8.31. The maximum atomic E-state index is 3.84. The van der Waals surface area contributed by atoms with Gasteiger partial charge in [-0.2, -0.15) is 0 Å². The summed E-state index contributed by atoms with van der Waals surface area (Å²) < 4.78 is 0. The summed E-state index contributed by atoms with van der Waals surface area (Å²) >= 11 is 0. The number of benzene rings is 3. The van der Waals surface area contributed by atoms with Crippen molar-refractivity contribution in [2.45, 2.75) is 64.2 Å². The predicted octanol–water partition coefficient (Wildman–Crippen LogP) is 8.96. The average molecular weight is 409 g/mol. The summed E-state index contributed by atoms with van der Waals surface area (Å²) in [5.74, 6) is 1.94. The zero-order valence-electron chi connectivity index (χ0n) is 19.2. The lowest BCUT2D eigenvalue weighted by Gasteiger charge is -2.27. The molecule has 1 atom stereocenters. The largest absolute Gasteiger partial charge is 0.103 e. The Morgan fingerprint density at radius 2 is 1.55 bits per heavy atom. The standard InChI is InChI=1S/C31H36/c1-4-6-8-25-11-14-31-22-29(19-20-30(31)21-25)23(3)26-15-17-28(18-16-26)27-12-9-24(7-5-2)10-13-27/h4-5,7,11,14-24,27H,1,6,8-10,12-13H2,2-3H3/b7-5+. The highest BCUT2D eigenvalue weighted by Gasteiger charge is 2.21. The van der Waals surface area contributed by atoms with E-state index in [-0.39, 0.29) is 0 Å². The zero-order chi connectivity index (χ0) is 21.6. The van der Waals surface area contributed by atoms with Gasteiger partial charge in [0.15, 0.2) is 0 Å². The minimum atomic E-state index is 0.407. The van der Waals surface area contributed by atoms with Gasteiger partial charge in [0.25, 0.3) is 0 Å². The van der Waals surface area contributed by atoms with Gasteiger partial charge < -0.3 is 0 Å². The Kier molecular flexibility index (Phi) is 7.07. The molecule has 0 saturated heterocycles. The fraction of sp³-hybridized carbons (Fsp3) is 0.355. The van der Waals surface area contributed by atoms with E-state index in [9.17, 15) is 0 Å². The lowest BCUT2D eigenvalue weighted by atomic mass is 9.78. The van der Waals surface area contributed by atoms with E-state index in [4.69, 9.17) is 0 Å².